The lowest BCUT2D eigenvalue weighted by molar-refractivity contribution is 0.256. The van der Waals surface area contributed by atoms with Crippen molar-refractivity contribution < 1.29 is 25.8 Å². The van der Waals surface area contributed by atoms with Crippen LogP contribution in [0.15, 0.2) is 58.3 Å². The minimum Gasteiger partial charge on any atom is -0.307 e. The van der Waals surface area contributed by atoms with E-state index in [0.29, 0.717) is 0 Å². The van der Waals surface area contributed by atoms with Gasteiger partial charge in [-0.15, -0.1) is 0 Å². The molecule has 10 heteroatoms. The summed E-state index contributed by atoms with van der Waals surface area (Å²) in [5.74, 6) is 0. The number of amides is 2. The maximum atomic E-state index is 12.2. The lowest BCUT2D eigenvalue weighted by Crippen LogP contribution is -2.34. The summed E-state index contributed by atoms with van der Waals surface area (Å²) >= 11 is 0. The van der Waals surface area contributed by atoms with Gasteiger partial charge in [0.15, 0.2) is 0 Å². The molecule has 26 heavy (non-hydrogen) atoms. The first-order chi connectivity index (χ1) is 12.1. The molecule has 0 fully saturated rings. The van der Waals surface area contributed by atoms with Gasteiger partial charge in [-0.3, -0.25) is 4.18 Å². The van der Waals surface area contributed by atoms with Crippen LogP contribution in [0.3, 0.4) is 0 Å². The molecule has 140 valence electrons. The summed E-state index contributed by atoms with van der Waals surface area (Å²) in [6.07, 6.45) is 0. The molecule has 2 aromatic rings. The largest absolute Gasteiger partial charge is 0.333 e. The molecule has 0 radical (unpaired) electrons. The molecule has 0 aliphatic carbocycles. The molecule has 0 unspecified atom stereocenters. The van der Waals surface area contributed by atoms with Crippen LogP contribution in [0.4, 0.5) is 10.5 Å². The average molecular weight is 398 g/mol. The van der Waals surface area contributed by atoms with Crippen molar-refractivity contribution in [3.63, 3.8) is 0 Å². The van der Waals surface area contributed by atoms with E-state index in [1.807, 2.05) is 4.72 Å². The second-order valence-electron chi connectivity index (χ2n) is 5.26. The second-order valence-corrected chi connectivity index (χ2v) is 8.56. The number of hydrogen-bond donors (Lipinski definition) is 2. The molecule has 0 atom stereocenters. The Labute approximate surface area is 152 Å². The summed E-state index contributed by atoms with van der Waals surface area (Å²) in [6, 6.07) is 10.2. The fraction of sp³-hybridized carbons (Fsp3) is 0.188. The van der Waals surface area contributed by atoms with Gasteiger partial charge in [-0.25, -0.2) is 17.9 Å². The zero-order chi connectivity index (χ0) is 19.4. The smallest absolute Gasteiger partial charge is 0.307 e. The molecule has 0 heterocycles. The van der Waals surface area contributed by atoms with Crippen molar-refractivity contribution in [1.82, 2.24) is 4.72 Å². The number of carbonyl (C=O) groups excluding carboxylic acids is 1. The van der Waals surface area contributed by atoms with E-state index in [1.165, 1.54) is 43.3 Å². The quantitative estimate of drug-likeness (QED) is 0.720. The van der Waals surface area contributed by atoms with Gasteiger partial charge in [0.1, 0.15) is 0 Å². The van der Waals surface area contributed by atoms with E-state index < -0.39 is 26.2 Å². The number of urea groups is 1. The van der Waals surface area contributed by atoms with Gasteiger partial charge in [0.25, 0.3) is 20.1 Å². The van der Waals surface area contributed by atoms with Crippen LogP contribution >= 0.6 is 0 Å². The number of rotatable bonds is 6. The standard InChI is InChI=1S/C16H18N2O6S2/c1-3-24-26(22,23)15-6-4-5-13(11-15)17-16(19)18-25(20,21)14-9-7-12(2)8-10-14/h4-11H,3H2,1-2H3,(H2,17,18,19). The molecule has 0 bridgehead atoms. The van der Waals surface area contributed by atoms with Crippen LogP contribution in [0.2, 0.25) is 0 Å². The van der Waals surface area contributed by atoms with E-state index in [0.717, 1.165) is 5.56 Å². The van der Waals surface area contributed by atoms with Gasteiger partial charge in [-0.1, -0.05) is 23.8 Å². The first-order valence-corrected chi connectivity index (χ1v) is 10.4. The highest BCUT2D eigenvalue weighted by atomic mass is 32.2. The van der Waals surface area contributed by atoms with E-state index in [2.05, 4.69) is 9.50 Å². The van der Waals surface area contributed by atoms with Crippen LogP contribution < -0.4 is 10.0 Å². The van der Waals surface area contributed by atoms with Gasteiger partial charge < -0.3 is 5.32 Å². The number of benzene rings is 2. The van der Waals surface area contributed by atoms with Crippen molar-refractivity contribution in [1.29, 1.82) is 0 Å². The number of nitrogens with one attached hydrogen (secondary N) is 2. The molecule has 0 saturated heterocycles. The van der Waals surface area contributed by atoms with Crippen LogP contribution in [-0.4, -0.2) is 29.5 Å². The fourth-order valence-corrected chi connectivity index (χ4v) is 3.88. The Morgan fingerprint density at radius 2 is 1.65 bits per heavy atom. The van der Waals surface area contributed by atoms with Crippen molar-refractivity contribution in [3.8, 4) is 0 Å². The third kappa shape index (κ3) is 5.04. The number of aryl methyl sites for hydroxylation is 1. The highest BCUT2D eigenvalue weighted by Gasteiger charge is 2.19. The van der Waals surface area contributed by atoms with Gasteiger partial charge in [-0.05, 0) is 44.2 Å². The molecule has 2 amide bonds. The zero-order valence-electron chi connectivity index (χ0n) is 14.1. The number of carbonyl (C=O) groups is 1. The molecule has 0 aromatic heterocycles. The van der Waals surface area contributed by atoms with Crippen molar-refractivity contribution >= 4 is 31.9 Å². The summed E-state index contributed by atoms with van der Waals surface area (Å²) in [5, 5.41) is 2.28. The maximum Gasteiger partial charge on any atom is 0.333 e. The van der Waals surface area contributed by atoms with Crippen LogP contribution in [-0.2, 0) is 24.3 Å². The van der Waals surface area contributed by atoms with Crippen LogP contribution in [0.1, 0.15) is 12.5 Å². The number of anilines is 1. The van der Waals surface area contributed by atoms with Gasteiger partial charge in [0.2, 0.25) is 0 Å². The van der Waals surface area contributed by atoms with Crippen LogP contribution in [0.25, 0.3) is 0 Å². The van der Waals surface area contributed by atoms with Gasteiger partial charge in [0, 0.05) is 5.69 Å². The Balaban J connectivity index is 2.14. The molecule has 2 aromatic carbocycles. The minimum absolute atomic E-state index is 0.0325. The Morgan fingerprint density at radius 1 is 1.00 bits per heavy atom. The maximum absolute atomic E-state index is 12.2. The predicted molar refractivity (Wildman–Crippen MR) is 95.8 cm³/mol. The third-order valence-corrected chi connectivity index (χ3v) is 5.94. The zero-order valence-corrected chi connectivity index (χ0v) is 15.7. The minimum atomic E-state index is -4.05. The van der Waals surface area contributed by atoms with E-state index >= 15 is 0 Å². The van der Waals surface area contributed by atoms with Gasteiger partial charge in [-0.2, -0.15) is 8.42 Å². The van der Waals surface area contributed by atoms with Crippen molar-refractivity contribution in [2.75, 3.05) is 11.9 Å². The van der Waals surface area contributed by atoms with Gasteiger partial charge >= 0.3 is 6.03 Å². The predicted octanol–water partition coefficient (Wildman–Crippen LogP) is 2.23. The molecule has 0 saturated carbocycles. The van der Waals surface area contributed by atoms with Crippen molar-refractivity contribution in [2.45, 2.75) is 23.6 Å². The van der Waals surface area contributed by atoms with Crippen LogP contribution in [0, 0.1) is 6.92 Å². The summed E-state index contributed by atoms with van der Waals surface area (Å²) in [4.78, 5) is 11.8. The van der Waals surface area contributed by atoms with E-state index in [9.17, 15) is 21.6 Å². The summed E-state index contributed by atoms with van der Waals surface area (Å²) in [5.41, 5.74) is 0.975. The molecule has 8 nitrogen and oxygen atoms in total. The average Bonchev–Trinajstić information content (AvgIpc) is 2.55. The Kier molecular flexibility index (Phi) is 6.01. The highest BCUT2D eigenvalue weighted by Crippen LogP contribution is 2.18. The third-order valence-electron chi connectivity index (χ3n) is 3.21. The highest BCUT2D eigenvalue weighted by molar-refractivity contribution is 7.90. The SMILES string of the molecule is CCOS(=O)(=O)c1cccc(NC(=O)NS(=O)(=O)c2ccc(C)cc2)c1. The second kappa shape index (κ2) is 7.85. The normalized spacial score (nSPS) is 11.8. The summed E-state index contributed by atoms with van der Waals surface area (Å²) < 4.78 is 54.6. The Morgan fingerprint density at radius 3 is 2.27 bits per heavy atom. The molecular weight excluding hydrogens is 380 g/mol. The molecule has 2 N–H and O–H groups in total. The van der Waals surface area contributed by atoms with Crippen LogP contribution in [0.5, 0.6) is 0 Å². The number of sulfonamides is 1. The monoisotopic (exact) mass is 398 g/mol. The molecule has 0 aliphatic heterocycles. The van der Waals surface area contributed by atoms with E-state index in [-0.39, 0.29) is 22.1 Å². The molecule has 0 aliphatic rings. The van der Waals surface area contributed by atoms with E-state index in [1.54, 1.807) is 19.1 Å². The number of hydrogen-bond acceptors (Lipinski definition) is 6. The first kappa shape index (κ1) is 19.9. The fourth-order valence-electron chi connectivity index (χ4n) is 2.01. The Hall–Kier alpha value is -2.43. The van der Waals surface area contributed by atoms with Crippen molar-refractivity contribution in [3.05, 3.63) is 54.1 Å². The lowest BCUT2D eigenvalue weighted by atomic mass is 10.2. The summed E-state index contributed by atoms with van der Waals surface area (Å²) in [6.45, 7) is 3.30. The first-order valence-electron chi connectivity index (χ1n) is 7.54. The van der Waals surface area contributed by atoms with Gasteiger partial charge in [0.05, 0.1) is 16.4 Å². The lowest BCUT2D eigenvalue weighted by Gasteiger charge is -2.10. The molecular formula is C16H18N2O6S2. The topological polar surface area (TPSA) is 119 Å². The molecule has 0 spiro atoms. The Bertz CT molecular complexity index is 999. The summed E-state index contributed by atoms with van der Waals surface area (Å²) in [7, 11) is -7.99. The van der Waals surface area contributed by atoms with Crippen molar-refractivity contribution in [2.24, 2.45) is 0 Å². The molecule has 2 rings (SSSR count). The van der Waals surface area contributed by atoms with E-state index in [4.69, 9.17) is 0 Å².